The summed E-state index contributed by atoms with van der Waals surface area (Å²) >= 11 is 6.78. The number of likely N-dealkylation sites (tertiary alicyclic amines) is 1. The molecule has 1 heterocycles. The molecule has 0 radical (unpaired) electrons. The summed E-state index contributed by atoms with van der Waals surface area (Å²) in [6, 6.07) is 21.0. The minimum atomic E-state index is -0.893. The Labute approximate surface area is 236 Å². The predicted octanol–water partition coefficient (Wildman–Crippen LogP) is 6.80. The maximum absolute atomic E-state index is 13.5. The van der Waals surface area contributed by atoms with Crippen molar-refractivity contribution < 1.29 is 19.4 Å². The van der Waals surface area contributed by atoms with Gasteiger partial charge in [0, 0.05) is 36.7 Å². The lowest BCUT2D eigenvalue weighted by molar-refractivity contribution is -0.165. The molecule has 1 fully saturated rings. The number of para-hydroxylation sites is 2. The third-order valence-corrected chi connectivity index (χ3v) is 8.05. The number of amides is 1. The van der Waals surface area contributed by atoms with E-state index >= 15 is 0 Å². The molecule has 3 aromatic rings. The van der Waals surface area contributed by atoms with E-state index in [0.29, 0.717) is 48.1 Å². The largest absolute Gasteiger partial charge is 0.455 e. The molecule has 3 aromatic carbocycles. The van der Waals surface area contributed by atoms with E-state index in [9.17, 15) is 9.90 Å². The molecule has 1 aliphatic heterocycles. The first-order chi connectivity index (χ1) is 18.9. The first-order valence-corrected chi connectivity index (χ1v) is 14.2. The van der Waals surface area contributed by atoms with Gasteiger partial charge in [-0.1, -0.05) is 73.8 Å². The number of aliphatic hydroxyl groups is 1. The van der Waals surface area contributed by atoms with Crippen LogP contribution < -0.4 is 10.5 Å². The van der Waals surface area contributed by atoms with E-state index in [0.717, 1.165) is 42.4 Å². The smallest absolute Gasteiger partial charge is 0.253 e. The fourth-order valence-corrected chi connectivity index (χ4v) is 5.83. The number of unbranched alkanes of at least 4 members (excludes halogenated alkanes) is 1. The summed E-state index contributed by atoms with van der Waals surface area (Å²) in [5.74, 6) is 1.15. The summed E-state index contributed by atoms with van der Waals surface area (Å²) in [7, 11) is 0. The molecule has 0 bridgehead atoms. The molecule has 0 unspecified atom stereocenters. The first kappa shape index (κ1) is 29.1. The van der Waals surface area contributed by atoms with Gasteiger partial charge >= 0.3 is 0 Å². The van der Waals surface area contributed by atoms with Gasteiger partial charge in [0.15, 0.2) is 5.75 Å². The zero-order chi connectivity index (χ0) is 27.8. The van der Waals surface area contributed by atoms with Gasteiger partial charge < -0.3 is 25.2 Å². The van der Waals surface area contributed by atoms with Gasteiger partial charge in [0.2, 0.25) is 0 Å². The molecule has 0 saturated carbocycles. The zero-order valence-electron chi connectivity index (χ0n) is 22.9. The van der Waals surface area contributed by atoms with E-state index < -0.39 is 12.4 Å². The Morgan fingerprint density at radius 3 is 2.59 bits per heavy atom. The third-order valence-electron chi connectivity index (χ3n) is 7.76. The number of nitrogens with zero attached hydrogens (tertiary/aromatic N) is 1. The Balaban J connectivity index is 1.74. The molecule has 208 valence electrons. The van der Waals surface area contributed by atoms with Gasteiger partial charge in [-0.15, -0.1) is 0 Å². The number of piperidine rings is 1. The number of benzene rings is 3. The second kappa shape index (κ2) is 13.4. The van der Waals surface area contributed by atoms with Crippen LogP contribution in [0.15, 0.2) is 66.7 Å². The number of hydrogen-bond donors (Lipinski definition) is 2. The van der Waals surface area contributed by atoms with Crippen LogP contribution in [0.5, 0.6) is 11.5 Å². The molecule has 1 amide bonds. The molecule has 4 rings (SSSR count). The van der Waals surface area contributed by atoms with Crippen molar-refractivity contribution in [3.05, 3.63) is 94.0 Å². The Bertz CT molecular complexity index is 1250. The Morgan fingerprint density at radius 2 is 1.90 bits per heavy atom. The van der Waals surface area contributed by atoms with Gasteiger partial charge in [0.25, 0.3) is 5.91 Å². The molecule has 2 atom stereocenters. The maximum atomic E-state index is 13.5. The molecule has 1 aliphatic rings. The molecule has 39 heavy (non-hydrogen) atoms. The summed E-state index contributed by atoms with van der Waals surface area (Å²) in [5.41, 5.74) is 8.26. The second-order valence-corrected chi connectivity index (χ2v) is 10.6. The van der Waals surface area contributed by atoms with E-state index in [4.69, 9.17) is 26.8 Å². The van der Waals surface area contributed by atoms with Crippen LogP contribution in [0.4, 0.5) is 0 Å². The summed E-state index contributed by atoms with van der Waals surface area (Å²) in [4.78, 5) is 15.4. The van der Waals surface area contributed by atoms with Gasteiger partial charge in [0.05, 0.1) is 5.02 Å². The summed E-state index contributed by atoms with van der Waals surface area (Å²) in [6.07, 6.45) is 4.16. The number of aliphatic hydroxyl groups excluding tert-OH is 1. The summed E-state index contributed by atoms with van der Waals surface area (Å²) < 4.78 is 12.8. The van der Waals surface area contributed by atoms with Crippen molar-refractivity contribution >= 4 is 17.5 Å². The highest BCUT2D eigenvalue weighted by Crippen LogP contribution is 2.49. The maximum Gasteiger partial charge on any atom is 0.253 e. The second-order valence-electron chi connectivity index (χ2n) is 10.2. The molecule has 0 spiro atoms. The molecule has 0 aliphatic carbocycles. The number of rotatable bonds is 11. The average molecular weight is 551 g/mol. The zero-order valence-corrected chi connectivity index (χ0v) is 23.6. The summed E-state index contributed by atoms with van der Waals surface area (Å²) in [6.45, 7) is 5.27. The van der Waals surface area contributed by atoms with Crippen molar-refractivity contribution in [2.24, 2.45) is 11.7 Å². The lowest BCUT2D eigenvalue weighted by Gasteiger charge is -2.46. The van der Waals surface area contributed by atoms with Crippen LogP contribution in [0.2, 0.25) is 5.02 Å². The lowest BCUT2D eigenvalue weighted by Crippen LogP contribution is -2.49. The Kier molecular flexibility index (Phi) is 10.0. The van der Waals surface area contributed by atoms with Crippen LogP contribution in [0.25, 0.3) is 0 Å². The van der Waals surface area contributed by atoms with Crippen LogP contribution >= 0.6 is 11.6 Å². The van der Waals surface area contributed by atoms with Gasteiger partial charge in [-0.3, -0.25) is 4.79 Å². The van der Waals surface area contributed by atoms with Crippen LogP contribution in [-0.4, -0.2) is 35.8 Å². The SMILES string of the molecule is CCCC[C@@](OCO)(c1cccc(Cl)c1Oc1ccccc1C)[C@@H]1CCCN(C(=O)c2ccc(CN)cc2)C1. The van der Waals surface area contributed by atoms with Crippen LogP contribution in [0.3, 0.4) is 0 Å². The topological polar surface area (TPSA) is 85.0 Å². The molecule has 0 aromatic heterocycles. The van der Waals surface area contributed by atoms with E-state index in [2.05, 4.69) is 6.92 Å². The van der Waals surface area contributed by atoms with Crippen molar-refractivity contribution in [3.63, 3.8) is 0 Å². The highest BCUT2D eigenvalue weighted by molar-refractivity contribution is 6.32. The van der Waals surface area contributed by atoms with Crippen LogP contribution in [-0.2, 0) is 16.9 Å². The molecular formula is C32H39ClN2O4. The van der Waals surface area contributed by atoms with Crippen molar-refractivity contribution in [2.75, 3.05) is 19.9 Å². The molecule has 3 N–H and O–H groups in total. The number of carbonyl (C=O) groups excluding carboxylic acids is 1. The van der Waals surface area contributed by atoms with Crippen LogP contribution in [0, 0.1) is 12.8 Å². The van der Waals surface area contributed by atoms with E-state index in [-0.39, 0.29) is 11.8 Å². The van der Waals surface area contributed by atoms with E-state index in [1.54, 1.807) is 0 Å². The first-order valence-electron chi connectivity index (χ1n) is 13.8. The van der Waals surface area contributed by atoms with Gasteiger partial charge in [-0.05, 0) is 61.6 Å². The monoisotopic (exact) mass is 550 g/mol. The van der Waals surface area contributed by atoms with Gasteiger partial charge in [-0.2, -0.15) is 0 Å². The number of hydrogen-bond acceptors (Lipinski definition) is 5. The standard InChI is InChI=1S/C32H39ClN2O4/c1-3-4-18-32(38-22-36,27-11-7-12-28(33)30(27)39-29-13-6-5-9-23(29)2)26-10-8-19-35(21-26)31(37)25-16-14-24(20-34)15-17-25/h5-7,9,11-17,26,36H,3-4,8,10,18-22,34H2,1-2H3/t26-,32+/m1/s1. The number of aryl methyl sites for hydroxylation is 1. The van der Waals surface area contributed by atoms with E-state index in [1.165, 1.54) is 0 Å². The molecular weight excluding hydrogens is 512 g/mol. The van der Waals surface area contributed by atoms with Gasteiger partial charge in [-0.25, -0.2) is 0 Å². The minimum absolute atomic E-state index is 0.0147. The fourth-order valence-electron chi connectivity index (χ4n) is 5.62. The Morgan fingerprint density at radius 1 is 1.13 bits per heavy atom. The van der Waals surface area contributed by atoms with Gasteiger partial charge in [0.1, 0.15) is 18.1 Å². The summed E-state index contributed by atoms with van der Waals surface area (Å²) in [5, 5.41) is 10.7. The fraction of sp³-hybridized carbons (Fsp3) is 0.406. The highest BCUT2D eigenvalue weighted by Gasteiger charge is 2.46. The average Bonchev–Trinajstić information content (AvgIpc) is 2.97. The third kappa shape index (κ3) is 6.47. The lowest BCUT2D eigenvalue weighted by atomic mass is 9.73. The van der Waals surface area contributed by atoms with Crippen molar-refractivity contribution in [1.82, 2.24) is 4.90 Å². The number of nitrogens with two attached hydrogens (primary N) is 1. The number of ether oxygens (including phenoxy) is 2. The van der Waals surface area contributed by atoms with Crippen molar-refractivity contribution in [1.29, 1.82) is 0 Å². The van der Waals surface area contributed by atoms with Crippen LogP contribution in [0.1, 0.15) is 66.1 Å². The van der Waals surface area contributed by atoms with Crippen molar-refractivity contribution in [3.8, 4) is 11.5 Å². The number of halogens is 1. The molecule has 6 nitrogen and oxygen atoms in total. The Hall–Kier alpha value is -2.90. The highest BCUT2D eigenvalue weighted by atomic mass is 35.5. The van der Waals surface area contributed by atoms with E-state index in [1.807, 2.05) is 78.6 Å². The predicted molar refractivity (Wildman–Crippen MR) is 155 cm³/mol. The normalized spacial score (nSPS) is 17.1. The number of carbonyl (C=O) groups is 1. The molecule has 1 saturated heterocycles. The molecule has 7 heteroatoms. The van der Waals surface area contributed by atoms with Crippen molar-refractivity contribution in [2.45, 2.75) is 58.1 Å². The minimum Gasteiger partial charge on any atom is -0.455 e. The quantitative estimate of drug-likeness (QED) is 0.256.